The molecule has 1 amide bonds. The Hall–Kier alpha value is -4.49. The van der Waals surface area contributed by atoms with Gasteiger partial charge in [-0.2, -0.15) is 5.26 Å². The van der Waals surface area contributed by atoms with E-state index in [1.54, 1.807) is 0 Å². The molecule has 3 aromatic rings. The first-order valence-electron chi connectivity index (χ1n) is 15.9. The van der Waals surface area contributed by atoms with Gasteiger partial charge in [0, 0.05) is 44.0 Å². The Bertz CT molecular complexity index is 1500. The summed E-state index contributed by atoms with van der Waals surface area (Å²) in [7, 11) is 0. The highest BCUT2D eigenvalue weighted by Crippen LogP contribution is 2.29. The molecule has 1 atom stereocenters. The Morgan fingerprint density at radius 3 is 2.35 bits per heavy atom. The highest BCUT2D eigenvalue weighted by atomic mass is 16.6. The smallest absolute Gasteiger partial charge is 0.344 e. The first kappa shape index (κ1) is 34.4. The second kappa shape index (κ2) is 15.7. The van der Waals surface area contributed by atoms with Gasteiger partial charge in [-0.1, -0.05) is 18.2 Å². The SMILES string of the molecule is Cc1ncnc(C)c1C(=O)NCCC(C)N1CCC(N(Cc2ccccc2C#N)c2ccc(OCC(=O)OC(C)(C)C)cc2)CC1. The van der Waals surface area contributed by atoms with Crippen molar-refractivity contribution >= 4 is 17.6 Å². The summed E-state index contributed by atoms with van der Waals surface area (Å²) in [6.45, 7) is 14.2. The Labute approximate surface area is 272 Å². The molecule has 1 fully saturated rings. The van der Waals surface area contributed by atoms with E-state index >= 15 is 0 Å². The van der Waals surface area contributed by atoms with Gasteiger partial charge in [-0.25, -0.2) is 14.8 Å². The zero-order valence-electron chi connectivity index (χ0n) is 27.9. The summed E-state index contributed by atoms with van der Waals surface area (Å²) >= 11 is 0. The number of benzene rings is 2. The Kier molecular flexibility index (Phi) is 11.7. The molecule has 4 rings (SSSR count). The minimum Gasteiger partial charge on any atom is -0.482 e. The Morgan fingerprint density at radius 1 is 1.07 bits per heavy atom. The van der Waals surface area contributed by atoms with Crippen molar-refractivity contribution in [1.82, 2.24) is 20.2 Å². The summed E-state index contributed by atoms with van der Waals surface area (Å²) in [5, 5.41) is 12.8. The van der Waals surface area contributed by atoms with Gasteiger partial charge in [0.2, 0.25) is 0 Å². The minimum absolute atomic E-state index is 0.129. The molecule has 1 aliphatic heterocycles. The summed E-state index contributed by atoms with van der Waals surface area (Å²) in [5.74, 6) is 0.0505. The number of aromatic nitrogens is 2. The minimum atomic E-state index is -0.565. The van der Waals surface area contributed by atoms with E-state index < -0.39 is 11.6 Å². The van der Waals surface area contributed by atoms with Crippen LogP contribution in [0, 0.1) is 25.2 Å². The molecule has 1 aliphatic rings. The molecule has 10 nitrogen and oxygen atoms in total. The summed E-state index contributed by atoms with van der Waals surface area (Å²) in [6, 6.07) is 18.4. The van der Waals surface area contributed by atoms with E-state index in [0.717, 1.165) is 43.6 Å². The van der Waals surface area contributed by atoms with Crippen molar-refractivity contribution in [2.45, 2.75) is 85.0 Å². The maximum absolute atomic E-state index is 12.8. The van der Waals surface area contributed by atoms with Crippen molar-refractivity contribution < 1.29 is 19.1 Å². The predicted octanol–water partition coefficient (Wildman–Crippen LogP) is 5.37. The topological polar surface area (TPSA) is 121 Å². The lowest BCUT2D eigenvalue weighted by molar-refractivity contribution is -0.157. The molecule has 244 valence electrons. The summed E-state index contributed by atoms with van der Waals surface area (Å²) in [6.07, 6.45) is 4.24. The zero-order valence-corrected chi connectivity index (χ0v) is 27.9. The first-order valence-corrected chi connectivity index (χ1v) is 15.9. The standard InChI is InChI=1S/C36H46N6O4/c1-25(15-18-38-35(44)34-26(2)39-24-40-27(34)3)41-19-16-31(17-20-41)42(22-29-10-8-7-9-28(29)21-37)30-11-13-32(14-12-30)45-23-33(43)46-36(4,5)6/h7-14,24-25,31H,15-20,22-23H2,1-6H3,(H,38,44). The van der Waals surface area contributed by atoms with Gasteiger partial charge < -0.3 is 24.6 Å². The molecular formula is C36H46N6O4. The van der Waals surface area contributed by atoms with Crippen molar-refractivity contribution in [3.05, 3.63) is 82.9 Å². The van der Waals surface area contributed by atoms with E-state index in [9.17, 15) is 14.9 Å². The van der Waals surface area contributed by atoms with Gasteiger partial charge in [0.25, 0.3) is 5.91 Å². The number of nitrogens with one attached hydrogen (secondary N) is 1. The Balaban J connectivity index is 1.37. The first-order chi connectivity index (χ1) is 21.9. The number of esters is 1. The van der Waals surface area contributed by atoms with Crippen LogP contribution in [0.15, 0.2) is 54.9 Å². The number of ether oxygens (including phenoxy) is 2. The second-order valence-corrected chi connectivity index (χ2v) is 12.8. The quantitative estimate of drug-likeness (QED) is 0.265. The fraction of sp³-hybridized carbons (Fsp3) is 0.472. The highest BCUT2D eigenvalue weighted by Gasteiger charge is 2.28. The number of likely N-dealkylation sites (tertiary alicyclic amines) is 1. The molecule has 0 spiro atoms. The lowest BCUT2D eigenvalue weighted by Crippen LogP contribution is -2.48. The normalized spacial score (nSPS) is 14.6. The van der Waals surface area contributed by atoms with Gasteiger partial charge in [-0.3, -0.25) is 4.79 Å². The van der Waals surface area contributed by atoms with Gasteiger partial charge in [-0.05, 0) is 96.7 Å². The van der Waals surface area contributed by atoms with Crippen molar-refractivity contribution in [3.8, 4) is 11.8 Å². The molecule has 0 aliphatic carbocycles. The Morgan fingerprint density at radius 2 is 1.72 bits per heavy atom. The number of anilines is 1. The van der Waals surface area contributed by atoms with Crippen LogP contribution in [-0.2, 0) is 16.1 Å². The van der Waals surface area contributed by atoms with Crippen molar-refractivity contribution in [2.75, 3.05) is 31.1 Å². The zero-order chi connectivity index (χ0) is 33.3. The van der Waals surface area contributed by atoms with Crippen LogP contribution in [0.1, 0.15) is 79.8 Å². The maximum Gasteiger partial charge on any atom is 0.344 e. The fourth-order valence-electron chi connectivity index (χ4n) is 5.85. The summed E-state index contributed by atoms with van der Waals surface area (Å²) in [4.78, 5) is 38.1. The molecule has 1 saturated heterocycles. The van der Waals surface area contributed by atoms with Crippen LogP contribution in [-0.4, -0.2) is 70.7 Å². The van der Waals surface area contributed by atoms with Gasteiger partial charge in [0.05, 0.1) is 28.6 Å². The van der Waals surface area contributed by atoms with E-state index in [1.807, 2.05) is 83.1 Å². The van der Waals surface area contributed by atoms with E-state index in [0.29, 0.717) is 47.4 Å². The second-order valence-electron chi connectivity index (χ2n) is 12.8. The number of carbonyl (C=O) groups excluding carboxylic acids is 2. The van der Waals surface area contributed by atoms with Crippen LogP contribution in [0.5, 0.6) is 5.75 Å². The third-order valence-corrected chi connectivity index (χ3v) is 8.29. The lowest BCUT2D eigenvalue weighted by Gasteiger charge is -2.42. The molecular weight excluding hydrogens is 580 g/mol. The summed E-state index contributed by atoms with van der Waals surface area (Å²) in [5.41, 5.74) is 4.04. The van der Waals surface area contributed by atoms with Crippen LogP contribution < -0.4 is 15.0 Å². The number of amides is 1. The third kappa shape index (κ3) is 9.51. The van der Waals surface area contributed by atoms with Crippen LogP contribution in [0.25, 0.3) is 0 Å². The number of nitrogens with zero attached hydrogens (tertiary/aromatic N) is 5. The largest absolute Gasteiger partial charge is 0.482 e. The van der Waals surface area contributed by atoms with Gasteiger partial charge in [0.1, 0.15) is 17.7 Å². The molecule has 2 aromatic carbocycles. The number of piperidine rings is 1. The molecule has 0 saturated carbocycles. The van der Waals surface area contributed by atoms with Crippen LogP contribution in [0.2, 0.25) is 0 Å². The average Bonchev–Trinajstić information content (AvgIpc) is 3.02. The molecule has 2 heterocycles. The van der Waals surface area contributed by atoms with Crippen molar-refractivity contribution in [3.63, 3.8) is 0 Å². The van der Waals surface area contributed by atoms with Gasteiger partial charge >= 0.3 is 5.97 Å². The number of aryl methyl sites for hydroxylation is 2. The number of carbonyl (C=O) groups is 2. The van der Waals surface area contributed by atoms with Crippen LogP contribution in [0.4, 0.5) is 5.69 Å². The molecule has 0 bridgehead atoms. The fourth-order valence-corrected chi connectivity index (χ4v) is 5.85. The van der Waals surface area contributed by atoms with E-state index in [-0.39, 0.29) is 18.6 Å². The molecule has 46 heavy (non-hydrogen) atoms. The molecule has 10 heteroatoms. The van der Waals surface area contributed by atoms with E-state index in [4.69, 9.17) is 9.47 Å². The number of nitriles is 1. The lowest BCUT2D eigenvalue weighted by atomic mass is 9.98. The molecule has 1 aromatic heterocycles. The highest BCUT2D eigenvalue weighted by molar-refractivity contribution is 5.96. The van der Waals surface area contributed by atoms with Crippen LogP contribution in [0.3, 0.4) is 0 Å². The molecule has 1 N–H and O–H groups in total. The third-order valence-electron chi connectivity index (χ3n) is 8.29. The number of hydrogen-bond donors (Lipinski definition) is 1. The number of rotatable bonds is 12. The van der Waals surface area contributed by atoms with Crippen LogP contribution >= 0.6 is 0 Å². The predicted molar refractivity (Wildman–Crippen MR) is 178 cm³/mol. The molecule has 0 radical (unpaired) electrons. The summed E-state index contributed by atoms with van der Waals surface area (Å²) < 4.78 is 11.0. The van der Waals surface area contributed by atoms with E-state index in [2.05, 4.69) is 38.1 Å². The van der Waals surface area contributed by atoms with Gasteiger partial charge in [-0.15, -0.1) is 0 Å². The average molecular weight is 627 g/mol. The van der Waals surface area contributed by atoms with Gasteiger partial charge in [0.15, 0.2) is 6.61 Å². The molecule has 1 unspecified atom stereocenters. The van der Waals surface area contributed by atoms with E-state index in [1.165, 1.54) is 6.33 Å². The van der Waals surface area contributed by atoms with Crippen molar-refractivity contribution in [1.29, 1.82) is 5.26 Å². The van der Waals surface area contributed by atoms with Crippen molar-refractivity contribution in [2.24, 2.45) is 0 Å². The monoisotopic (exact) mass is 626 g/mol. The number of hydrogen-bond acceptors (Lipinski definition) is 9. The maximum atomic E-state index is 12.8.